The minimum atomic E-state index is -0.576. The van der Waals surface area contributed by atoms with Gasteiger partial charge in [-0.3, -0.25) is 4.79 Å². The van der Waals surface area contributed by atoms with Crippen molar-refractivity contribution in [3.05, 3.63) is 82.3 Å². The molecule has 3 aromatic heterocycles. The fourth-order valence-electron chi connectivity index (χ4n) is 4.37. The molecule has 0 fully saturated rings. The second-order valence-corrected chi connectivity index (χ2v) is 9.35. The number of esters is 1. The third-order valence-electron chi connectivity index (χ3n) is 5.86. The number of carbonyl (C=O) groups is 2. The van der Waals surface area contributed by atoms with E-state index in [9.17, 15) is 9.59 Å². The molecule has 1 atom stereocenters. The average molecular weight is 484 g/mol. The van der Waals surface area contributed by atoms with Gasteiger partial charge in [-0.25, -0.2) is 9.78 Å². The first-order valence-corrected chi connectivity index (χ1v) is 12.0. The van der Waals surface area contributed by atoms with Crippen LogP contribution < -0.4 is 5.32 Å². The van der Waals surface area contributed by atoms with Crippen LogP contribution in [0.15, 0.2) is 58.5 Å². The van der Waals surface area contributed by atoms with E-state index in [2.05, 4.69) is 12.2 Å². The minimum absolute atomic E-state index is 0.282. The van der Waals surface area contributed by atoms with Crippen molar-refractivity contribution in [1.29, 1.82) is 5.26 Å². The fourth-order valence-corrected chi connectivity index (χ4v) is 5.13. The molecule has 1 aliphatic carbocycles. The summed E-state index contributed by atoms with van der Waals surface area (Å²) in [5.74, 6) is -0.0738. The normalized spacial score (nSPS) is 16.0. The van der Waals surface area contributed by atoms with Crippen LogP contribution in [-0.4, -0.2) is 23.5 Å². The highest BCUT2D eigenvalue weighted by Gasteiger charge is 2.29. The number of fused-ring (bicyclic) bond motifs is 2. The highest BCUT2D eigenvalue weighted by molar-refractivity contribution is 7.14. The predicted molar refractivity (Wildman–Crippen MR) is 134 cm³/mol. The van der Waals surface area contributed by atoms with E-state index in [0.29, 0.717) is 33.5 Å². The van der Waals surface area contributed by atoms with Crippen LogP contribution in [0.3, 0.4) is 0 Å². The molecule has 1 aromatic carbocycles. The number of anilines is 1. The highest BCUT2D eigenvalue weighted by atomic mass is 32.1. The zero-order valence-electron chi connectivity index (χ0n) is 18.9. The van der Waals surface area contributed by atoms with Crippen LogP contribution in [0.4, 0.5) is 5.00 Å². The molecule has 0 bridgehead atoms. The van der Waals surface area contributed by atoms with Crippen molar-refractivity contribution in [1.82, 2.24) is 4.98 Å². The van der Waals surface area contributed by atoms with Crippen molar-refractivity contribution in [2.45, 2.75) is 19.8 Å². The van der Waals surface area contributed by atoms with Crippen LogP contribution in [0.5, 0.6) is 0 Å². The van der Waals surface area contributed by atoms with Gasteiger partial charge in [-0.1, -0.05) is 25.1 Å². The largest absolute Gasteiger partial charge is 0.465 e. The minimum Gasteiger partial charge on any atom is -0.465 e. The molecular formula is C27H21N3O4S. The van der Waals surface area contributed by atoms with Crippen molar-refractivity contribution in [3.63, 3.8) is 0 Å². The molecule has 174 valence electrons. The Hall–Kier alpha value is -4.22. The van der Waals surface area contributed by atoms with Crippen LogP contribution in [0, 0.1) is 17.2 Å². The number of hydrogen-bond acceptors (Lipinski definition) is 7. The van der Waals surface area contributed by atoms with Crippen LogP contribution in [-0.2, 0) is 16.0 Å². The number of amides is 1. The van der Waals surface area contributed by atoms with Gasteiger partial charge in [0, 0.05) is 5.39 Å². The summed E-state index contributed by atoms with van der Waals surface area (Å²) in [5, 5.41) is 14.6. The first-order chi connectivity index (χ1) is 17.0. The number of allylic oxidation sites excluding steroid dienone is 1. The van der Waals surface area contributed by atoms with Crippen molar-refractivity contribution < 1.29 is 18.7 Å². The van der Waals surface area contributed by atoms with Gasteiger partial charge in [0.1, 0.15) is 16.8 Å². The second kappa shape index (κ2) is 9.57. The summed E-state index contributed by atoms with van der Waals surface area (Å²) < 4.78 is 11.0. The Kier molecular flexibility index (Phi) is 6.17. The Balaban J connectivity index is 1.49. The van der Waals surface area contributed by atoms with Gasteiger partial charge in [-0.05, 0) is 65.6 Å². The van der Waals surface area contributed by atoms with Crippen LogP contribution in [0.2, 0.25) is 0 Å². The smallest absolute Gasteiger partial charge is 0.339 e. The Labute approximate surface area is 205 Å². The Morgan fingerprint density at radius 2 is 2.11 bits per heavy atom. The summed E-state index contributed by atoms with van der Waals surface area (Å²) in [5.41, 5.74) is 4.05. The van der Waals surface area contributed by atoms with Crippen LogP contribution >= 0.6 is 11.3 Å². The number of ether oxygens (including phenoxy) is 1. The molecule has 8 heteroatoms. The number of carbonyl (C=O) groups excluding carboxylic acids is 2. The average Bonchev–Trinajstić information content (AvgIpc) is 3.53. The van der Waals surface area contributed by atoms with Gasteiger partial charge in [0.15, 0.2) is 6.61 Å². The van der Waals surface area contributed by atoms with E-state index in [1.165, 1.54) is 11.3 Å². The van der Waals surface area contributed by atoms with Gasteiger partial charge in [0.05, 0.1) is 28.6 Å². The molecule has 0 saturated heterocycles. The SMILES string of the molecule is CC1C/C(=C/c2ccco2)c2nc3ccccc3c(C(=O)OCC(=O)Nc3sccc3C#N)c2C1. The van der Waals surface area contributed by atoms with E-state index in [-0.39, 0.29) is 5.92 Å². The molecule has 3 heterocycles. The van der Waals surface area contributed by atoms with Crippen LogP contribution in [0.1, 0.15) is 46.3 Å². The molecular weight excluding hydrogens is 462 g/mol. The quantitative estimate of drug-likeness (QED) is 0.366. The highest BCUT2D eigenvalue weighted by Crippen LogP contribution is 2.38. The standard InChI is InChI=1S/C27H21N3O4S/c1-16-11-18(13-19-5-4-9-33-19)25-21(12-16)24(20-6-2-3-7-22(20)29-25)27(32)34-15-23(31)30-26-17(14-28)8-10-35-26/h2-10,13,16H,11-12,15H2,1H3,(H,30,31)/b18-13-. The maximum Gasteiger partial charge on any atom is 0.339 e. The van der Waals surface area contributed by atoms with Gasteiger partial charge in [-0.2, -0.15) is 5.26 Å². The van der Waals surface area contributed by atoms with Crippen molar-refractivity contribution in [3.8, 4) is 6.07 Å². The van der Waals surface area contributed by atoms with Gasteiger partial charge in [-0.15, -0.1) is 11.3 Å². The second-order valence-electron chi connectivity index (χ2n) is 8.43. The molecule has 0 saturated carbocycles. The Morgan fingerprint density at radius 1 is 1.26 bits per heavy atom. The van der Waals surface area contributed by atoms with E-state index in [1.807, 2.05) is 48.5 Å². The number of aromatic nitrogens is 1. The van der Waals surface area contributed by atoms with Crippen molar-refractivity contribution in [2.24, 2.45) is 5.92 Å². The number of hydrogen-bond donors (Lipinski definition) is 1. The zero-order valence-corrected chi connectivity index (χ0v) is 19.7. The maximum absolute atomic E-state index is 13.4. The number of nitriles is 1. The Morgan fingerprint density at radius 3 is 2.91 bits per heavy atom. The molecule has 1 N–H and O–H groups in total. The number of nitrogens with one attached hydrogen (secondary N) is 1. The molecule has 4 aromatic rings. The maximum atomic E-state index is 13.4. The molecule has 1 aliphatic rings. The predicted octanol–water partition coefficient (Wildman–Crippen LogP) is 5.68. The fraction of sp³-hybridized carbons (Fsp3) is 0.185. The number of rotatable bonds is 5. The summed E-state index contributed by atoms with van der Waals surface area (Å²) in [6.45, 7) is 1.67. The summed E-state index contributed by atoms with van der Waals surface area (Å²) >= 11 is 1.24. The molecule has 1 amide bonds. The van der Waals surface area contributed by atoms with E-state index >= 15 is 0 Å². The van der Waals surface area contributed by atoms with Gasteiger partial charge >= 0.3 is 5.97 Å². The van der Waals surface area contributed by atoms with E-state index in [1.54, 1.807) is 17.7 Å². The topological polar surface area (TPSA) is 105 Å². The molecule has 1 unspecified atom stereocenters. The number of nitrogens with zero attached hydrogens (tertiary/aromatic N) is 2. The van der Waals surface area contributed by atoms with Gasteiger partial charge in [0.2, 0.25) is 0 Å². The number of benzene rings is 1. The number of para-hydroxylation sites is 1. The van der Waals surface area contributed by atoms with Crippen LogP contribution in [0.25, 0.3) is 22.6 Å². The lowest BCUT2D eigenvalue weighted by Gasteiger charge is -2.26. The molecule has 5 rings (SSSR count). The number of pyridine rings is 1. The summed E-state index contributed by atoms with van der Waals surface area (Å²) in [6, 6.07) is 14.8. The van der Waals surface area contributed by atoms with Crippen molar-refractivity contribution in [2.75, 3.05) is 11.9 Å². The van der Waals surface area contributed by atoms with E-state index in [0.717, 1.165) is 29.0 Å². The third kappa shape index (κ3) is 4.59. The summed E-state index contributed by atoms with van der Waals surface area (Å²) in [6.07, 6.45) is 5.06. The first kappa shape index (κ1) is 22.6. The van der Waals surface area contributed by atoms with E-state index < -0.39 is 18.5 Å². The monoisotopic (exact) mass is 483 g/mol. The zero-order chi connectivity index (χ0) is 24.4. The molecule has 0 spiro atoms. The molecule has 0 radical (unpaired) electrons. The lowest BCUT2D eigenvalue weighted by atomic mass is 9.81. The summed E-state index contributed by atoms with van der Waals surface area (Å²) in [7, 11) is 0. The van der Waals surface area contributed by atoms with Gasteiger partial charge < -0.3 is 14.5 Å². The number of furan rings is 1. The lowest BCUT2D eigenvalue weighted by molar-refractivity contribution is -0.119. The van der Waals surface area contributed by atoms with E-state index in [4.69, 9.17) is 19.4 Å². The number of thiophene rings is 1. The van der Waals surface area contributed by atoms with Gasteiger partial charge in [0.25, 0.3) is 5.91 Å². The third-order valence-corrected chi connectivity index (χ3v) is 6.69. The molecule has 0 aliphatic heterocycles. The Bertz CT molecular complexity index is 1490. The molecule has 35 heavy (non-hydrogen) atoms. The molecule has 7 nitrogen and oxygen atoms in total. The van der Waals surface area contributed by atoms with Crippen molar-refractivity contribution >= 4 is 50.8 Å². The first-order valence-electron chi connectivity index (χ1n) is 11.1. The lowest BCUT2D eigenvalue weighted by Crippen LogP contribution is -2.23. The summed E-state index contributed by atoms with van der Waals surface area (Å²) in [4.78, 5) is 30.7.